The summed E-state index contributed by atoms with van der Waals surface area (Å²) in [4.78, 5) is 4.64. The van der Waals surface area contributed by atoms with Crippen LogP contribution in [0.3, 0.4) is 0 Å². The van der Waals surface area contributed by atoms with Crippen LogP contribution in [0, 0.1) is 27.7 Å². The van der Waals surface area contributed by atoms with Crippen molar-refractivity contribution in [1.82, 2.24) is 0 Å². The number of anilines is 10. The van der Waals surface area contributed by atoms with Crippen LogP contribution in [0.5, 0.6) is 0 Å². The van der Waals surface area contributed by atoms with E-state index >= 15 is 0 Å². The Hall–Kier alpha value is -9.26. The highest BCUT2D eigenvalue weighted by Crippen LogP contribution is 2.39. The summed E-state index contributed by atoms with van der Waals surface area (Å²) in [5.41, 5.74) is 19.5. The minimum absolute atomic E-state index is 0.998. The molecule has 72 heavy (non-hydrogen) atoms. The highest BCUT2D eigenvalue weighted by Gasteiger charge is 2.17. The molecule has 0 atom stereocenters. The topological polar surface area (TPSA) is 37.7 Å². The zero-order chi connectivity index (χ0) is 49.2. The second-order valence-corrected chi connectivity index (χ2v) is 18.0. The summed E-state index contributed by atoms with van der Waals surface area (Å²) in [5.74, 6) is 0. The molecule has 0 bridgehead atoms. The lowest BCUT2D eigenvalue weighted by Gasteiger charge is -2.27. The number of para-hydroxylation sites is 4. The van der Waals surface area contributed by atoms with Crippen molar-refractivity contribution >= 4 is 69.3 Å². The van der Waals surface area contributed by atoms with Crippen LogP contribution in [0.4, 0.5) is 56.9 Å². The molecule has 0 radical (unpaired) electrons. The lowest BCUT2D eigenvalue weighted by molar-refractivity contribution is 1.09. The van der Waals surface area contributed by atoms with Crippen LogP contribution in [0.15, 0.2) is 265 Å². The Morgan fingerprint density at radius 1 is 0.264 bits per heavy atom. The largest absolute Gasteiger partial charge is 0.310 e. The van der Waals surface area contributed by atoms with Gasteiger partial charge in [0.05, 0.1) is 35.2 Å². The number of hydrazone groups is 2. The summed E-state index contributed by atoms with van der Waals surface area (Å²) in [6, 6.07) is 89.4. The molecule has 0 saturated heterocycles. The fourth-order valence-electron chi connectivity index (χ4n) is 8.86. The van der Waals surface area contributed by atoms with Gasteiger partial charge in [0.25, 0.3) is 0 Å². The van der Waals surface area contributed by atoms with Crippen LogP contribution in [0.2, 0.25) is 0 Å². The number of rotatable bonds is 15. The Kier molecular flexibility index (Phi) is 13.9. The number of benzene rings is 10. The van der Waals surface area contributed by atoms with E-state index in [2.05, 4.69) is 219 Å². The molecule has 10 rings (SSSR count). The van der Waals surface area contributed by atoms with Crippen LogP contribution in [0.1, 0.15) is 33.4 Å². The predicted octanol–water partition coefficient (Wildman–Crippen LogP) is 17.9. The molecule has 0 unspecified atom stereocenters. The molecule has 0 fully saturated rings. The van der Waals surface area contributed by atoms with Gasteiger partial charge in [-0.05, 0) is 182 Å². The molecule has 0 saturated carbocycles. The van der Waals surface area contributed by atoms with Gasteiger partial charge in [-0.15, -0.1) is 0 Å². The van der Waals surface area contributed by atoms with Crippen molar-refractivity contribution in [2.24, 2.45) is 10.2 Å². The van der Waals surface area contributed by atoms with E-state index in [0.29, 0.717) is 0 Å². The molecule has 0 heterocycles. The average molecular weight is 933 g/mol. The Labute approximate surface area is 424 Å². The van der Waals surface area contributed by atoms with E-state index in [1.807, 2.05) is 95.2 Å². The molecule has 350 valence electrons. The van der Waals surface area contributed by atoms with E-state index in [9.17, 15) is 0 Å². The van der Waals surface area contributed by atoms with Gasteiger partial charge in [0, 0.05) is 34.1 Å². The van der Waals surface area contributed by atoms with Crippen molar-refractivity contribution in [2.45, 2.75) is 27.7 Å². The van der Waals surface area contributed by atoms with Crippen LogP contribution in [-0.4, -0.2) is 12.4 Å². The smallest absolute Gasteiger partial charge is 0.0652 e. The SMILES string of the molecule is Cc1ccc(N(c2ccc(-c3ccc(N(c4ccc(C)cc4)c4ccc(/C=N/N(c5ccccc5)c5ccccc5)c(C)c4)cc3)cc2)c2ccc(/C=N/N(c3ccccc3)c3ccccc3)c(C)c2)cc1. The summed E-state index contributed by atoms with van der Waals surface area (Å²) in [6.45, 7) is 8.56. The highest BCUT2D eigenvalue weighted by molar-refractivity contribution is 5.88. The molecule has 0 amide bonds. The van der Waals surface area contributed by atoms with E-state index < -0.39 is 0 Å². The molecule has 0 aliphatic rings. The van der Waals surface area contributed by atoms with Crippen molar-refractivity contribution in [1.29, 1.82) is 0 Å². The van der Waals surface area contributed by atoms with Gasteiger partial charge in [-0.3, -0.25) is 0 Å². The fraction of sp³-hybridized carbons (Fsp3) is 0.0606. The molecular weight excluding hydrogens is 877 g/mol. The van der Waals surface area contributed by atoms with Crippen molar-refractivity contribution in [3.05, 3.63) is 288 Å². The van der Waals surface area contributed by atoms with Gasteiger partial charge in [-0.1, -0.05) is 145 Å². The summed E-state index contributed by atoms with van der Waals surface area (Å²) < 4.78 is 0. The zero-order valence-corrected chi connectivity index (χ0v) is 41.1. The first-order valence-corrected chi connectivity index (χ1v) is 24.4. The maximum Gasteiger partial charge on any atom is 0.0652 e. The quantitative estimate of drug-likeness (QED) is 0.0758. The van der Waals surface area contributed by atoms with E-state index in [-0.39, 0.29) is 0 Å². The average Bonchev–Trinajstić information content (AvgIpc) is 3.43. The first-order chi connectivity index (χ1) is 35.3. The Bertz CT molecular complexity index is 3100. The Morgan fingerprint density at radius 3 is 0.806 bits per heavy atom. The highest BCUT2D eigenvalue weighted by atomic mass is 15.5. The second-order valence-electron chi connectivity index (χ2n) is 18.0. The molecule has 0 spiro atoms. The maximum atomic E-state index is 5.00. The monoisotopic (exact) mass is 932 g/mol. The van der Waals surface area contributed by atoms with E-state index in [1.165, 1.54) is 11.1 Å². The summed E-state index contributed by atoms with van der Waals surface area (Å²) >= 11 is 0. The molecule has 0 aliphatic carbocycles. The van der Waals surface area contributed by atoms with Crippen molar-refractivity contribution in [3.8, 4) is 11.1 Å². The first kappa shape index (κ1) is 46.5. The van der Waals surface area contributed by atoms with Gasteiger partial charge in [0.2, 0.25) is 0 Å². The number of nitrogens with zero attached hydrogens (tertiary/aromatic N) is 6. The van der Waals surface area contributed by atoms with Crippen LogP contribution in [0.25, 0.3) is 11.1 Å². The van der Waals surface area contributed by atoms with Gasteiger partial charge < -0.3 is 9.80 Å². The predicted molar refractivity (Wildman–Crippen MR) is 305 cm³/mol. The second kappa shape index (κ2) is 21.6. The van der Waals surface area contributed by atoms with E-state index in [4.69, 9.17) is 10.2 Å². The molecule has 10 aromatic carbocycles. The fourth-order valence-corrected chi connectivity index (χ4v) is 8.86. The lowest BCUT2D eigenvalue weighted by atomic mass is 10.0. The van der Waals surface area contributed by atoms with Crippen molar-refractivity contribution in [2.75, 3.05) is 19.8 Å². The van der Waals surface area contributed by atoms with Gasteiger partial charge >= 0.3 is 0 Å². The minimum Gasteiger partial charge on any atom is -0.310 e. The van der Waals surface area contributed by atoms with Crippen molar-refractivity contribution < 1.29 is 0 Å². The Morgan fingerprint density at radius 2 is 0.528 bits per heavy atom. The first-order valence-electron chi connectivity index (χ1n) is 24.4. The summed E-state index contributed by atoms with van der Waals surface area (Å²) in [6.07, 6.45) is 3.91. The number of hydrogen-bond donors (Lipinski definition) is 0. The standard InChI is InChI=1S/C66H56N6/c1-49-25-35-57(36-26-49)69(65-43-33-55(51(3)45-65)47-67-71(61-17-9-5-10-18-61)62-19-11-6-12-20-62)59-39-29-53(30-40-59)54-31-41-60(42-32-54)70(58-37-27-50(2)28-38-58)66-44-34-56(52(4)46-66)48-68-72(63-21-13-7-14-22-63)64-23-15-8-16-24-64/h5-48H,1-4H3/b67-47+,68-48+. The Balaban J connectivity index is 0.916. The van der Waals surface area contributed by atoms with Crippen molar-refractivity contribution in [3.63, 3.8) is 0 Å². The molecule has 6 heteroatoms. The third kappa shape index (κ3) is 10.6. The normalized spacial score (nSPS) is 11.2. The van der Waals surface area contributed by atoms with E-state index in [1.54, 1.807) is 0 Å². The summed E-state index contributed by atoms with van der Waals surface area (Å²) in [5, 5.41) is 14.0. The minimum atomic E-state index is 0.998. The molecule has 0 aromatic heterocycles. The number of aryl methyl sites for hydroxylation is 4. The molecule has 0 aliphatic heterocycles. The van der Waals surface area contributed by atoms with Gasteiger partial charge in [0.1, 0.15) is 0 Å². The van der Waals surface area contributed by atoms with Crippen LogP contribution in [-0.2, 0) is 0 Å². The number of hydrogen-bond acceptors (Lipinski definition) is 6. The van der Waals surface area contributed by atoms with Gasteiger partial charge in [-0.2, -0.15) is 10.2 Å². The van der Waals surface area contributed by atoms with Crippen LogP contribution >= 0.6 is 0 Å². The summed E-state index contributed by atoms with van der Waals surface area (Å²) in [7, 11) is 0. The third-order valence-corrected chi connectivity index (χ3v) is 12.8. The lowest BCUT2D eigenvalue weighted by Crippen LogP contribution is -2.11. The van der Waals surface area contributed by atoms with E-state index in [0.717, 1.165) is 90.3 Å². The molecule has 0 N–H and O–H groups in total. The third-order valence-electron chi connectivity index (χ3n) is 12.8. The maximum absolute atomic E-state index is 5.00. The molecular formula is C66H56N6. The molecule has 6 nitrogen and oxygen atoms in total. The van der Waals surface area contributed by atoms with Gasteiger partial charge in [0.15, 0.2) is 0 Å². The van der Waals surface area contributed by atoms with Crippen LogP contribution < -0.4 is 19.8 Å². The van der Waals surface area contributed by atoms with Gasteiger partial charge in [-0.25, -0.2) is 10.0 Å². The molecule has 10 aromatic rings. The zero-order valence-electron chi connectivity index (χ0n) is 41.1.